The summed E-state index contributed by atoms with van der Waals surface area (Å²) in [5.74, 6) is -0.385. The van der Waals surface area contributed by atoms with Crippen molar-refractivity contribution in [3.63, 3.8) is 0 Å². The highest BCUT2D eigenvalue weighted by atomic mass is 16.6. The Bertz CT molecular complexity index is 790. The quantitative estimate of drug-likeness (QED) is 0.646. The van der Waals surface area contributed by atoms with Gasteiger partial charge in [0.2, 0.25) is 11.8 Å². The van der Waals surface area contributed by atoms with Crippen LogP contribution in [0.4, 0.5) is 4.79 Å². The van der Waals surface area contributed by atoms with E-state index in [2.05, 4.69) is 10.6 Å². The number of piperidine rings is 1. The van der Waals surface area contributed by atoms with E-state index in [0.717, 1.165) is 5.56 Å². The number of ether oxygens (including phenoxy) is 1. The van der Waals surface area contributed by atoms with Crippen molar-refractivity contribution in [2.24, 2.45) is 0 Å². The van der Waals surface area contributed by atoms with Gasteiger partial charge in [-0.25, -0.2) is 4.79 Å². The van der Waals surface area contributed by atoms with Crippen molar-refractivity contribution in [3.05, 3.63) is 35.4 Å². The highest BCUT2D eigenvalue weighted by molar-refractivity contribution is 5.98. The number of hydrogen-bond donors (Lipinski definition) is 2. The molecule has 1 saturated heterocycles. The summed E-state index contributed by atoms with van der Waals surface area (Å²) in [7, 11) is 0. The van der Waals surface area contributed by atoms with E-state index in [-0.39, 0.29) is 43.0 Å². The first-order valence-electron chi connectivity index (χ1n) is 10.7. The first kappa shape index (κ1) is 24.4. The molecule has 1 aliphatic rings. The highest BCUT2D eigenvalue weighted by Crippen LogP contribution is 2.12. The number of nitrogens with one attached hydrogen (secondary N) is 2. The molecule has 1 heterocycles. The molecular weight excluding hydrogens is 398 g/mol. The Morgan fingerprint density at radius 3 is 2.23 bits per heavy atom. The molecule has 0 unspecified atom stereocenters. The lowest BCUT2D eigenvalue weighted by molar-refractivity contribution is -0.131. The van der Waals surface area contributed by atoms with Gasteiger partial charge < -0.3 is 20.3 Å². The zero-order valence-electron chi connectivity index (χ0n) is 18.8. The molecule has 8 nitrogen and oxygen atoms in total. The third-order valence-corrected chi connectivity index (χ3v) is 4.95. The number of carbonyl (C=O) groups is 4. The molecule has 1 aromatic carbocycles. The molecule has 2 N–H and O–H groups in total. The Morgan fingerprint density at radius 2 is 1.65 bits per heavy atom. The molecule has 0 bridgehead atoms. The number of nitrogens with zero attached hydrogens (tertiary/aromatic N) is 1. The van der Waals surface area contributed by atoms with Gasteiger partial charge in [-0.3, -0.25) is 14.4 Å². The van der Waals surface area contributed by atoms with E-state index in [1.807, 2.05) is 19.1 Å². The number of rotatable bonds is 7. The fourth-order valence-electron chi connectivity index (χ4n) is 3.26. The molecule has 31 heavy (non-hydrogen) atoms. The monoisotopic (exact) mass is 431 g/mol. The maximum absolute atomic E-state index is 12.3. The van der Waals surface area contributed by atoms with Crippen molar-refractivity contribution >= 4 is 23.7 Å². The summed E-state index contributed by atoms with van der Waals surface area (Å²) in [6, 6.07) is 7.29. The lowest BCUT2D eigenvalue weighted by Gasteiger charge is -2.32. The van der Waals surface area contributed by atoms with Crippen LogP contribution in [0.5, 0.6) is 0 Å². The number of Topliss-reactive ketones (excluding diaryl/α,β-unsaturated/α-hetero) is 1. The van der Waals surface area contributed by atoms with E-state index < -0.39 is 11.7 Å². The molecule has 1 aromatic rings. The number of benzene rings is 1. The second-order valence-electron chi connectivity index (χ2n) is 8.87. The third kappa shape index (κ3) is 8.78. The number of aryl methyl sites for hydroxylation is 1. The van der Waals surface area contributed by atoms with Gasteiger partial charge in [0.15, 0.2) is 5.78 Å². The Morgan fingerprint density at radius 1 is 1.03 bits per heavy atom. The standard InChI is InChI=1S/C23H33N3O5/c1-16-5-7-17(8-6-16)19(27)9-10-20(28)25-18-11-13-26(14-12-18)21(29)15-24-22(30)31-23(2,3)4/h5-8,18H,9-15H2,1-4H3,(H,24,30)(H,25,28). The molecule has 0 spiro atoms. The van der Waals surface area contributed by atoms with Crippen molar-refractivity contribution < 1.29 is 23.9 Å². The van der Waals surface area contributed by atoms with Crippen molar-refractivity contribution in [2.75, 3.05) is 19.6 Å². The fraction of sp³-hybridized carbons (Fsp3) is 0.565. The summed E-state index contributed by atoms with van der Waals surface area (Å²) in [4.78, 5) is 50.0. The third-order valence-electron chi connectivity index (χ3n) is 4.95. The Balaban J connectivity index is 1.66. The maximum Gasteiger partial charge on any atom is 0.408 e. The van der Waals surface area contributed by atoms with Gasteiger partial charge >= 0.3 is 6.09 Å². The molecule has 2 rings (SSSR count). The minimum atomic E-state index is -0.622. The summed E-state index contributed by atoms with van der Waals surface area (Å²) in [5, 5.41) is 5.42. The van der Waals surface area contributed by atoms with Gasteiger partial charge in [0.1, 0.15) is 12.1 Å². The van der Waals surface area contributed by atoms with E-state index in [1.165, 1.54) is 0 Å². The van der Waals surface area contributed by atoms with Gasteiger partial charge in [-0.15, -0.1) is 0 Å². The van der Waals surface area contributed by atoms with Gasteiger partial charge in [0.05, 0.1) is 0 Å². The average Bonchev–Trinajstić information content (AvgIpc) is 2.70. The molecule has 0 saturated carbocycles. The topological polar surface area (TPSA) is 105 Å². The summed E-state index contributed by atoms with van der Waals surface area (Å²) in [5.41, 5.74) is 1.08. The molecule has 3 amide bonds. The van der Waals surface area contributed by atoms with Crippen LogP contribution in [-0.2, 0) is 14.3 Å². The van der Waals surface area contributed by atoms with Crippen LogP contribution >= 0.6 is 0 Å². The number of alkyl carbamates (subject to hydrolysis) is 1. The number of hydrogen-bond acceptors (Lipinski definition) is 5. The molecule has 1 fully saturated rings. The summed E-state index contributed by atoms with van der Waals surface area (Å²) in [6.07, 6.45) is 0.961. The molecule has 170 valence electrons. The lowest BCUT2D eigenvalue weighted by atomic mass is 10.0. The predicted octanol–water partition coefficient (Wildman–Crippen LogP) is 2.59. The van der Waals surface area contributed by atoms with Crippen molar-refractivity contribution in [3.8, 4) is 0 Å². The van der Waals surface area contributed by atoms with Crippen LogP contribution in [0.2, 0.25) is 0 Å². The molecule has 0 atom stereocenters. The molecule has 8 heteroatoms. The van der Waals surface area contributed by atoms with Crippen LogP contribution in [0.25, 0.3) is 0 Å². The first-order valence-corrected chi connectivity index (χ1v) is 10.7. The summed E-state index contributed by atoms with van der Waals surface area (Å²) >= 11 is 0. The minimum absolute atomic E-state index is 0.0233. The van der Waals surface area contributed by atoms with Crippen LogP contribution in [0.1, 0.15) is 62.4 Å². The normalized spacial score (nSPS) is 14.6. The SMILES string of the molecule is Cc1ccc(C(=O)CCC(=O)NC2CCN(C(=O)CNC(=O)OC(C)(C)C)CC2)cc1. The van der Waals surface area contributed by atoms with E-state index in [1.54, 1.807) is 37.8 Å². The summed E-state index contributed by atoms with van der Waals surface area (Å²) < 4.78 is 5.12. The number of amides is 3. The molecule has 0 aromatic heterocycles. The van der Waals surface area contributed by atoms with Crippen molar-refractivity contribution in [1.29, 1.82) is 0 Å². The van der Waals surface area contributed by atoms with Crippen molar-refractivity contribution in [2.45, 2.75) is 65.0 Å². The van der Waals surface area contributed by atoms with E-state index in [4.69, 9.17) is 4.74 Å². The van der Waals surface area contributed by atoms with Gasteiger partial charge in [-0.05, 0) is 40.5 Å². The van der Waals surface area contributed by atoms with Crippen LogP contribution in [0, 0.1) is 6.92 Å². The smallest absolute Gasteiger partial charge is 0.408 e. The number of ketones is 1. The van der Waals surface area contributed by atoms with Gasteiger partial charge in [-0.2, -0.15) is 0 Å². The Hall–Kier alpha value is -2.90. The molecular formula is C23H33N3O5. The molecule has 1 aliphatic heterocycles. The van der Waals surface area contributed by atoms with Gasteiger partial charge in [0.25, 0.3) is 0 Å². The minimum Gasteiger partial charge on any atom is -0.444 e. The van der Waals surface area contributed by atoms with Crippen molar-refractivity contribution in [1.82, 2.24) is 15.5 Å². The number of carbonyl (C=O) groups excluding carboxylic acids is 4. The number of likely N-dealkylation sites (tertiary alicyclic amines) is 1. The lowest BCUT2D eigenvalue weighted by Crippen LogP contribution is -2.49. The largest absolute Gasteiger partial charge is 0.444 e. The van der Waals surface area contributed by atoms with Gasteiger partial charge in [-0.1, -0.05) is 29.8 Å². The zero-order chi connectivity index (χ0) is 23.0. The maximum atomic E-state index is 12.3. The average molecular weight is 432 g/mol. The van der Waals surface area contributed by atoms with Gasteiger partial charge in [0, 0.05) is 37.5 Å². The van der Waals surface area contributed by atoms with Crippen LogP contribution < -0.4 is 10.6 Å². The zero-order valence-corrected chi connectivity index (χ0v) is 18.8. The summed E-state index contributed by atoms with van der Waals surface area (Å²) in [6.45, 7) is 8.11. The van der Waals surface area contributed by atoms with Crippen LogP contribution in [-0.4, -0.2) is 59.9 Å². The molecule has 0 radical (unpaired) electrons. The second kappa shape index (κ2) is 10.9. The van der Waals surface area contributed by atoms with Crippen LogP contribution in [0.3, 0.4) is 0 Å². The highest BCUT2D eigenvalue weighted by Gasteiger charge is 2.25. The second-order valence-corrected chi connectivity index (χ2v) is 8.87. The van der Waals surface area contributed by atoms with E-state index in [9.17, 15) is 19.2 Å². The fourth-order valence-corrected chi connectivity index (χ4v) is 3.26. The first-order chi connectivity index (χ1) is 14.5. The molecule has 0 aliphatic carbocycles. The van der Waals surface area contributed by atoms with E-state index >= 15 is 0 Å². The van der Waals surface area contributed by atoms with E-state index in [0.29, 0.717) is 31.5 Å². The Labute approximate surface area is 183 Å². The predicted molar refractivity (Wildman–Crippen MR) is 117 cm³/mol. The van der Waals surface area contributed by atoms with Crippen LogP contribution in [0.15, 0.2) is 24.3 Å². The Kier molecular flexibility index (Phi) is 8.59.